The number of hydrogen-bond acceptors (Lipinski definition) is 1. The summed E-state index contributed by atoms with van der Waals surface area (Å²) in [6, 6.07) is 20.7. The number of benzene rings is 2. The smallest absolute Gasteiger partial charge is 0.247 e. The van der Waals surface area contributed by atoms with E-state index < -0.39 is 0 Å². The van der Waals surface area contributed by atoms with Crippen LogP contribution in [0, 0.1) is 0 Å². The SMILES string of the molecule is O=C(Nc1ccc(Cl)cc1)[C@@H](Cc1ccccc1)n1cccc1. The van der Waals surface area contributed by atoms with Crippen molar-refractivity contribution in [2.24, 2.45) is 0 Å². The Bertz CT molecular complexity index is 752. The molecule has 1 amide bonds. The van der Waals surface area contributed by atoms with E-state index in [2.05, 4.69) is 5.32 Å². The average Bonchev–Trinajstić information content (AvgIpc) is 3.10. The van der Waals surface area contributed by atoms with Crippen LogP contribution in [0.1, 0.15) is 11.6 Å². The molecule has 0 saturated heterocycles. The number of halogens is 1. The van der Waals surface area contributed by atoms with Gasteiger partial charge in [-0.15, -0.1) is 0 Å². The zero-order chi connectivity index (χ0) is 16.1. The van der Waals surface area contributed by atoms with Crippen molar-refractivity contribution in [1.29, 1.82) is 0 Å². The first-order chi connectivity index (χ1) is 11.2. The summed E-state index contributed by atoms with van der Waals surface area (Å²) in [6.45, 7) is 0. The Morgan fingerprint density at radius 2 is 1.61 bits per heavy atom. The molecular formula is C19H17ClN2O. The maximum absolute atomic E-state index is 12.7. The third kappa shape index (κ3) is 4.02. The Labute approximate surface area is 140 Å². The highest BCUT2D eigenvalue weighted by molar-refractivity contribution is 6.30. The molecule has 0 aliphatic carbocycles. The molecule has 116 valence electrons. The van der Waals surface area contributed by atoms with Gasteiger partial charge in [0, 0.05) is 29.5 Å². The van der Waals surface area contributed by atoms with E-state index in [4.69, 9.17) is 11.6 Å². The summed E-state index contributed by atoms with van der Waals surface area (Å²) in [5.41, 5.74) is 1.86. The lowest BCUT2D eigenvalue weighted by atomic mass is 10.0. The molecule has 1 N–H and O–H groups in total. The van der Waals surface area contributed by atoms with Crippen LogP contribution in [0.2, 0.25) is 5.02 Å². The minimum absolute atomic E-state index is 0.0487. The standard InChI is InChI=1S/C19H17ClN2O/c20-16-8-10-17(11-9-16)21-19(23)18(22-12-4-5-13-22)14-15-6-2-1-3-7-15/h1-13,18H,14H2,(H,21,23)/t18-/m1/s1. The van der Waals surface area contributed by atoms with E-state index in [1.165, 1.54) is 0 Å². The predicted octanol–water partition coefficient (Wildman–Crippen LogP) is 4.56. The number of hydrogen-bond donors (Lipinski definition) is 1. The molecule has 4 heteroatoms. The number of carbonyl (C=O) groups is 1. The lowest BCUT2D eigenvalue weighted by molar-refractivity contribution is -0.119. The second-order valence-electron chi connectivity index (χ2n) is 5.33. The first-order valence-corrected chi connectivity index (χ1v) is 7.83. The van der Waals surface area contributed by atoms with Crippen LogP contribution < -0.4 is 5.32 Å². The van der Waals surface area contributed by atoms with Crippen molar-refractivity contribution < 1.29 is 4.79 Å². The van der Waals surface area contributed by atoms with Crippen molar-refractivity contribution in [2.75, 3.05) is 5.32 Å². The van der Waals surface area contributed by atoms with Crippen molar-refractivity contribution in [3.05, 3.63) is 89.7 Å². The van der Waals surface area contributed by atoms with Crippen molar-refractivity contribution >= 4 is 23.2 Å². The number of nitrogens with zero attached hydrogens (tertiary/aromatic N) is 1. The first kappa shape index (κ1) is 15.4. The Morgan fingerprint density at radius 1 is 0.957 bits per heavy atom. The zero-order valence-corrected chi connectivity index (χ0v) is 13.3. The van der Waals surface area contributed by atoms with Gasteiger partial charge in [-0.2, -0.15) is 0 Å². The Hall–Kier alpha value is -2.52. The van der Waals surface area contributed by atoms with E-state index in [-0.39, 0.29) is 11.9 Å². The fourth-order valence-corrected chi connectivity index (χ4v) is 2.61. The monoisotopic (exact) mass is 324 g/mol. The molecule has 0 radical (unpaired) electrons. The molecule has 0 bridgehead atoms. The molecule has 0 aliphatic rings. The zero-order valence-electron chi connectivity index (χ0n) is 12.5. The van der Waals surface area contributed by atoms with Gasteiger partial charge in [0.15, 0.2) is 0 Å². The van der Waals surface area contributed by atoms with Crippen LogP contribution in [0.5, 0.6) is 0 Å². The Kier molecular flexibility index (Phi) is 4.79. The summed E-state index contributed by atoms with van der Waals surface area (Å²) in [7, 11) is 0. The van der Waals surface area contributed by atoms with E-state index in [0.717, 1.165) is 11.3 Å². The summed E-state index contributed by atoms with van der Waals surface area (Å²) >= 11 is 5.88. The topological polar surface area (TPSA) is 34.0 Å². The van der Waals surface area contributed by atoms with Gasteiger partial charge in [0.2, 0.25) is 5.91 Å². The van der Waals surface area contributed by atoms with Crippen LogP contribution in [0.25, 0.3) is 0 Å². The van der Waals surface area contributed by atoms with Crippen LogP contribution in [-0.4, -0.2) is 10.5 Å². The maximum atomic E-state index is 12.7. The average molecular weight is 325 g/mol. The molecule has 3 aromatic rings. The fourth-order valence-electron chi connectivity index (χ4n) is 2.49. The summed E-state index contributed by atoms with van der Waals surface area (Å²) in [5.74, 6) is -0.0487. The van der Waals surface area contributed by atoms with E-state index in [1.807, 2.05) is 59.4 Å². The molecule has 2 aromatic carbocycles. The molecule has 0 saturated carbocycles. The molecule has 0 fully saturated rings. The summed E-state index contributed by atoms with van der Waals surface area (Å²) in [4.78, 5) is 12.7. The summed E-state index contributed by atoms with van der Waals surface area (Å²) in [6.07, 6.45) is 4.46. The molecule has 23 heavy (non-hydrogen) atoms. The van der Waals surface area contributed by atoms with Crippen LogP contribution in [0.4, 0.5) is 5.69 Å². The molecule has 0 spiro atoms. The van der Waals surface area contributed by atoms with Crippen LogP contribution in [0.3, 0.4) is 0 Å². The van der Waals surface area contributed by atoms with Gasteiger partial charge in [0.05, 0.1) is 0 Å². The molecule has 1 aromatic heterocycles. The lowest BCUT2D eigenvalue weighted by Gasteiger charge is -2.19. The van der Waals surface area contributed by atoms with Crippen molar-refractivity contribution in [3.8, 4) is 0 Å². The largest absolute Gasteiger partial charge is 0.342 e. The lowest BCUT2D eigenvalue weighted by Crippen LogP contribution is -2.27. The second-order valence-corrected chi connectivity index (χ2v) is 5.77. The minimum Gasteiger partial charge on any atom is -0.342 e. The highest BCUT2D eigenvalue weighted by Crippen LogP contribution is 2.19. The summed E-state index contributed by atoms with van der Waals surface area (Å²) in [5, 5.41) is 3.61. The maximum Gasteiger partial charge on any atom is 0.247 e. The normalized spacial score (nSPS) is 11.9. The van der Waals surface area contributed by atoms with Crippen molar-refractivity contribution in [2.45, 2.75) is 12.5 Å². The van der Waals surface area contributed by atoms with E-state index in [0.29, 0.717) is 11.4 Å². The van der Waals surface area contributed by atoms with E-state index in [9.17, 15) is 4.79 Å². The van der Waals surface area contributed by atoms with Crippen molar-refractivity contribution in [3.63, 3.8) is 0 Å². The van der Waals surface area contributed by atoms with Gasteiger partial charge in [-0.05, 0) is 42.0 Å². The fraction of sp³-hybridized carbons (Fsp3) is 0.105. The number of carbonyl (C=O) groups excluding carboxylic acids is 1. The van der Waals surface area contributed by atoms with Gasteiger partial charge < -0.3 is 9.88 Å². The number of nitrogens with one attached hydrogen (secondary N) is 1. The quantitative estimate of drug-likeness (QED) is 0.733. The number of rotatable bonds is 5. The third-order valence-electron chi connectivity index (χ3n) is 3.67. The third-order valence-corrected chi connectivity index (χ3v) is 3.93. The number of amides is 1. The molecule has 3 nitrogen and oxygen atoms in total. The summed E-state index contributed by atoms with van der Waals surface area (Å²) < 4.78 is 1.93. The van der Waals surface area contributed by atoms with Gasteiger partial charge in [-0.3, -0.25) is 4.79 Å². The van der Waals surface area contributed by atoms with E-state index in [1.54, 1.807) is 24.3 Å². The van der Waals surface area contributed by atoms with Gasteiger partial charge in [-0.1, -0.05) is 41.9 Å². The van der Waals surface area contributed by atoms with E-state index >= 15 is 0 Å². The molecule has 3 rings (SSSR count). The van der Waals surface area contributed by atoms with Gasteiger partial charge in [0.1, 0.15) is 6.04 Å². The second kappa shape index (κ2) is 7.16. The first-order valence-electron chi connectivity index (χ1n) is 7.45. The Morgan fingerprint density at radius 3 is 2.26 bits per heavy atom. The number of anilines is 1. The number of aromatic nitrogens is 1. The van der Waals surface area contributed by atoms with Crippen LogP contribution >= 0.6 is 11.6 Å². The van der Waals surface area contributed by atoms with Gasteiger partial charge >= 0.3 is 0 Å². The van der Waals surface area contributed by atoms with Gasteiger partial charge in [-0.25, -0.2) is 0 Å². The highest BCUT2D eigenvalue weighted by Gasteiger charge is 2.20. The van der Waals surface area contributed by atoms with Crippen LogP contribution in [0.15, 0.2) is 79.1 Å². The molecule has 1 atom stereocenters. The predicted molar refractivity (Wildman–Crippen MR) is 93.7 cm³/mol. The minimum atomic E-state index is -0.303. The Balaban J connectivity index is 1.80. The van der Waals surface area contributed by atoms with Gasteiger partial charge in [0.25, 0.3) is 0 Å². The van der Waals surface area contributed by atoms with Crippen molar-refractivity contribution in [1.82, 2.24) is 4.57 Å². The molecular weight excluding hydrogens is 308 g/mol. The molecule has 0 aliphatic heterocycles. The molecule has 1 heterocycles. The van der Waals surface area contributed by atoms with Crippen LogP contribution in [-0.2, 0) is 11.2 Å². The highest BCUT2D eigenvalue weighted by atomic mass is 35.5. The molecule has 0 unspecified atom stereocenters.